The predicted molar refractivity (Wildman–Crippen MR) is 90.3 cm³/mol. The van der Waals surface area contributed by atoms with Gasteiger partial charge in [-0.05, 0) is 17.7 Å². The second-order valence-electron chi connectivity index (χ2n) is 5.55. The number of carbonyl (C=O) groups is 2. The summed E-state index contributed by atoms with van der Waals surface area (Å²) in [7, 11) is 1.51. The highest BCUT2D eigenvalue weighted by Crippen LogP contribution is 2.05. The molecule has 2 aromatic rings. The van der Waals surface area contributed by atoms with Crippen LogP contribution >= 0.6 is 0 Å². The second kappa shape index (κ2) is 8.91. The smallest absolute Gasteiger partial charge is 0.354 e. The lowest BCUT2D eigenvalue weighted by molar-refractivity contribution is 0.0136. The van der Waals surface area contributed by atoms with E-state index in [1.54, 1.807) is 0 Å². The van der Waals surface area contributed by atoms with Crippen molar-refractivity contribution in [3.63, 3.8) is 0 Å². The van der Waals surface area contributed by atoms with Gasteiger partial charge >= 0.3 is 5.97 Å². The van der Waals surface area contributed by atoms with E-state index in [9.17, 15) is 14.7 Å². The standard InChI is InChI=1S/C18H20N2O5/c1-20(17(22)15-8-5-9-16(19-15)18(23)24)10-14(21)12-25-11-13-6-3-2-4-7-13/h2-9,14,21H,10-12H2,1H3,(H,23,24). The first-order valence-electron chi connectivity index (χ1n) is 7.73. The number of aromatic nitrogens is 1. The zero-order valence-corrected chi connectivity index (χ0v) is 13.8. The van der Waals surface area contributed by atoms with Crippen molar-refractivity contribution in [2.24, 2.45) is 0 Å². The van der Waals surface area contributed by atoms with Crippen molar-refractivity contribution in [2.75, 3.05) is 20.2 Å². The van der Waals surface area contributed by atoms with Crippen LogP contribution in [0.3, 0.4) is 0 Å². The Balaban J connectivity index is 1.83. The molecular formula is C18H20N2O5. The lowest BCUT2D eigenvalue weighted by Crippen LogP contribution is -2.36. The van der Waals surface area contributed by atoms with Crippen molar-refractivity contribution in [1.82, 2.24) is 9.88 Å². The normalized spacial score (nSPS) is 11.8. The number of aliphatic hydroxyl groups is 1. The van der Waals surface area contributed by atoms with E-state index < -0.39 is 18.0 Å². The van der Waals surface area contributed by atoms with Crippen molar-refractivity contribution < 1.29 is 24.5 Å². The van der Waals surface area contributed by atoms with Gasteiger partial charge in [-0.15, -0.1) is 0 Å². The Morgan fingerprint density at radius 1 is 1.12 bits per heavy atom. The number of hydrogen-bond acceptors (Lipinski definition) is 5. The fourth-order valence-corrected chi connectivity index (χ4v) is 2.21. The summed E-state index contributed by atoms with van der Waals surface area (Å²) in [5.41, 5.74) is 0.805. The first-order valence-corrected chi connectivity index (χ1v) is 7.73. The van der Waals surface area contributed by atoms with Gasteiger partial charge in [0.2, 0.25) is 0 Å². The quantitative estimate of drug-likeness (QED) is 0.751. The molecule has 0 bridgehead atoms. The Kier molecular flexibility index (Phi) is 6.62. The summed E-state index contributed by atoms with van der Waals surface area (Å²) in [5.74, 6) is -1.67. The number of aliphatic hydroxyl groups excluding tert-OH is 1. The maximum atomic E-state index is 12.3. The molecule has 0 radical (unpaired) electrons. The average Bonchev–Trinajstić information content (AvgIpc) is 2.62. The SMILES string of the molecule is CN(CC(O)COCc1ccccc1)C(=O)c1cccc(C(=O)O)n1. The number of hydrogen-bond donors (Lipinski definition) is 2. The van der Waals surface area contributed by atoms with E-state index in [1.165, 1.54) is 30.1 Å². The van der Waals surface area contributed by atoms with Crippen LogP contribution in [0.15, 0.2) is 48.5 Å². The number of amides is 1. The molecule has 7 heteroatoms. The van der Waals surface area contributed by atoms with Crippen LogP contribution in [-0.4, -0.2) is 58.3 Å². The van der Waals surface area contributed by atoms with Gasteiger partial charge in [0.05, 0.1) is 19.3 Å². The fourth-order valence-electron chi connectivity index (χ4n) is 2.21. The predicted octanol–water partition coefficient (Wildman–Crippen LogP) is 1.43. The zero-order valence-electron chi connectivity index (χ0n) is 13.8. The summed E-state index contributed by atoms with van der Waals surface area (Å²) in [6, 6.07) is 13.8. The van der Waals surface area contributed by atoms with Crippen LogP contribution in [0.5, 0.6) is 0 Å². The van der Waals surface area contributed by atoms with Gasteiger partial charge in [0.1, 0.15) is 11.4 Å². The minimum atomic E-state index is -1.20. The van der Waals surface area contributed by atoms with Crippen molar-refractivity contribution in [3.8, 4) is 0 Å². The van der Waals surface area contributed by atoms with Gasteiger partial charge in [-0.3, -0.25) is 4.79 Å². The highest BCUT2D eigenvalue weighted by atomic mass is 16.5. The molecule has 2 rings (SSSR count). The molecule has 0 saturated heterocycles. The summed E-state index contributed by atoms with van der Waals surface area (Å²) in [4.78, 5) is 28.3. The molecule has 0 saturated carbocycles. The zero-order chi connectivity index (χ0) is 18.2. The highest BCUT2D eigenvalue weighted by molar-refractivity contribution is 5.94. The largest absolute Gasteiger partial charge is 0.477 e. The molecular weight excluding hydrogens is 324 g/mol. The Labute approximate surface area is 145 Å². The monoisotopic (exact) mass is 344 g/mol. The number of nitrogens with zero attached hydrogens (tertiary/aromatic N) is 2. The molecule has 0 aliphatic heterocycles. The molecule has 0 fully saturated rings. The van der Waals surface area contributed by atoms with Crippen LogP contribution in [0, 0.1) is 0 Å². The second-order valence-corrected chi connectivity index (χ2v) is 5.55. The van der Waals surface area contributed by atoms with Crippen LogP contribution in [0.25, 0.3) is 0 Å². The Hall–Kier alpha value is -2.77. The molecule has 1 amide bonds. The van der Waals surface area contributed by atoms with E-state index in [1.807, 2.05) is 30.3 Å². The molecule has 1 heterocycles. The van der Waals surface area contributed by atoms with Crippen LogP contribution in [0.4, 0.5) is 0 Å². The maximum Gasteiger partial charge on any atom is 0.354 e. The highest BCUT2D eigenvalue weighted by Gasteiger charge is 2.18. The van der Waals surface area contributed by atoms with Gasteiger partial charge in [0.25, 0.3) is 5.91 Å². The molecule has 25 heavy (non-hydrogen) atoms. The van der Waals surface area contributed by atoms with Crippen molar-refractivity contribution in [1.29, 1.82) is 0 Å². The molecule has 2 N–H and O–H groups in total. The third-order valence-electron chi connectivity index (χ3n) is 3.44. The molecule has 1 atom stereocenters. The summed E-state index contributed by atoms with van der Waals surface area (Å²) < 4.78 is 5.44. The lowest BCUT2D eigenvalue weighted by Gasteiger charge is -2.20. The number of pyridine rings is 1. The maximum absolute atomic E-state index is 12.3. The molecule has 0 aliphatic rings. The summed E-state index contributed by atoms with van der Waals surface area (Å²) in [5, 5.41) is 18.9. The van der Waals surface area contributed by atoms with E-state index in [0.29, 0.717) is 6.61 Å². The molecule has 1 aromatic heterocycles. The van der Waals surface area contributed by atoms with Gasteiger partial charge in [-0.1, -0.05) is 36.4 Å². The Morgan fingerprint density at radius 3 is 2.48 bits per heavy atom. The lowest BCUT2D eigenvalue weighted by atomic mass is 10.2. The fraction of sp³-hybridized carbons (Fsp3) is 0.278. The number of carboxylic acid groups (broad SMARTS) is 1. The van der Waals surface area contributed by atoms with Crippen molar-refractivity contribution in [2.45, 2.75) is 12.7 Å². The van der Waals surface area contributed by atoms with Gasteiger partial charge in [0.15, 0.2) is 0 Å². The molecule has 1 aromatic carbocycles. The third-order valence-corrected chi connectivity index (χ3v) is 3.44. The Morgan fingerprint density at radius 2 is 1.80 bits per heavy atom. The number of benzene rings is 1. The number of likely N-dealkylation sites (N-methyl/N-ethyl adjacent to an activating group) is 1. The van der Waals surface area contributed by atoms with E-state index in [2.05, 4.69) is 4.98 Å². The molecule has 0 aliphatic carbocycles. The van der Waals surface area contributed by atoms with Gasteiger partial charge in [-0.25, -0.2) is 9.78 Å². The van der Waals surface area contributed by atoms with E-state index in [0.717, 1.165) is 5.56 Å². The minimum Gasteiger partial charge on any atom is -0.477 e. The number of aromatic carboxylic acids is 1. The molecule has 132 valence electrons. The van der Waals surface area contributed by atoms with Gasteiger partial charge in [-0.2, -0.15) is 0 Å². The summed E-state index contributed by atoms with van der Waals surface area (Å²) >= 11 is 0. The number of carboxylic acids is 1. The number of rotatable bonds is 8. The van der Waals surface area contributed by atoms with Crippen LogP contribution in [-0.2, 0) is 11.3 Å². The first-order chi connectivity index (χ1) is 12.0. The van der Waals surface area contributed by atoms with Gasteiger partial charge < -0.3 is 19.8 Å². The van der Waals surface area contributed by atoms with Gasteiger partial charge in [0, 0.05) is 13.6 Å². The number of carbonyl (C=O) groups excluding carboxylic acids is 1. The van der Waals surface area contributed by atoms with Crippen molar-refractivity contribution >= 4 is 11.9 Å². The first kappa shape index (κ1) is 18.6. The topological polar surface area (TPSA) is 100.0 Å². The Bertz CT molecular complexity index is 720. The minimum absolute atomic E-state index is 0.0137. The van der Waals surface area contributed by atoms with Crippen LogP contribution in [0.2, 0.25) is 0 Å². The molecule has 0 spiro atoms. The van der Waals surface area contributed by atoms with E-state index in [-0.39, 0.29) is 24.5 Å². The average molecular weight is 344 g/mol. The summed E-state index contributed by atoms with van der Waals surface area (Å²) in [6.45, 7) is 0.499. The number of ether oxygens (including phenoxy) is 1. The molecule has 1 unspecified atom stereocenters. The van der Waals surface area contributed by atoms with Crippen LogP contribution in [0.1, 0.15) is 26.5 Å². The summed E-state index contributed by atoms with van der Waals surface area (Å²) in [6.07, 6.45) is -0.861. The van der Waals surface area contributed by atoms with E-state index in [4.69, 9.17) is 9.84 Å². The van der Waals surface area contributed by atoms with Crippen molar-refractivity contribution in [3.05, 3.63) is 65.5 Å². The third kappa shape index (κ3) is 5.66. The molecule has 7 nitrogen and oxygen atoms in total. The van der Waals surface area contributed by atoms with E-state index >= 15 is 0 Å². The van der Waals surface area contributed by atoms with Crippen LogP contribution < -0.4 is 0 Å².